The average Bonchev–Trinajstić information content (AvgIpc) is 2.68. The number of rotatable bonds is 9. The molecule has 0 spiro atoms. The van der Waals surface area contributed by atoms with Gasteiger partial charge in [-0.05, 0) is 0 Å². The van der Waals surface area contributed by atoms with Crippen molar-refractivity contribution in [2.45, 2.75) is 51.4 Å². The van der Waals surface area contributed by atoms with Crippen molar-refractivity contribution in [3.63, 3.8) is 0 Å². The third-order valence-corrected chi connectivity index (χ3v) is 9.25. The molecule has 164 valence electrons. The Morgan fingerprint density at radius 2 is 1.23 bits per heavy atom. The van der Waals surface area contributed by atoms with Crippen molar-refractivity contribution in [2.24, 2.45) is 0 Å². The molecule has 2 aromatic carbocycles. The van der Waals surface area contributed by atoms with Crippen LogP contribution in [0, 0.1) is 0 Å². The predicted molar refractivity (Wildman–Crippen MR) is 111 cm³/mol. The molecule has 0 amide bonds. The van der Waals surface area contributed by atoms with Gasteiger partial charge in [0, 0.05) is 0 Å². The summed E-state index contributed by atoms with van der Waals surface area (Å²) in [5.74, 6) is 0. The standard InChI is InChI=1S/C22H22F6Se2/c1-2-3-4-5-6-20(30-19-13-9-17(10-14-19)22(26,27)28)15-29-18-11-7-16(8-12-18)21(23,24)25/h7-15H,2-6H2,1H3/b20-15+. The van der Waals surface area contributed by atoms with E-state index < -0.39 is 23.5 Å². The minimum atomic E-state index is -4.35. The van der Waals surface area contributed by atoms with Crippen LogP contribution in [0.4, 0.5) is 26.3 Å². The number of unbranched alkanes of at least 4 members (excludes halogenated alkanes) is 3. The molecule has 2 aromatic rings. The number of halogens is 6. The van der Waals surface area contributed by atoms with Gasteiger partial charge in [-0.2, -0.15) is 0 Å². The summed E-state index contributed by atoms with van der Waals surface area (Å²) in [4.78, 5) is 2.08. The minimum absolute atomic E-state index is 0.107. The van der Waals surface area contributed by atoms with Crippen molar-refractivity contribution in [1.82, 2.24) is 0 Å². The van der Waals surface area contributed by atoms with Gasteiger partial charge in [-0.1, -0.05) is 0 Å². The van der Waals surface area contributed by atoms with Gasteiger partial charge in [-0.25, -0.2) is 0 Å². The summed E-state index contributed by atoms with van der Waals surface area (Å²) >= 11 is -0.234. The van der Waals surface area contributed by atoms with E-state index in [9.17, 15) is 26.3 Å². The second-order valence-electron chi connectivity index (χ2n) is 6.66. The van der Waals surface area contributed by atoms with Gasteiger partial charge in [-0.3, -0.25) is 0 Å². The second kappa shape index (κ2) is 11.4. The van der Waals surface area contributed by atoms with Crippen molar-refractivity contribution in [3.8, 4) is 0 Å². The number of allylic oxidation sites excluding steroid dienone is 1. The first-order valence-corrected chi connectivity index (χ1v) is 13.0. The molecule has 0 aliphatic rings. The molecule has 0 saturated heterocycles. The van der Waals surface area contributed by atoms with E-state index in [4.69, 9.17) is 0 Å². The summed E-state index contributed by atoms with van der Waals surface area (Å²) in [5.41, 5.74) is -1.33. The van der Waals surface area contributed by atoms with Crippen molar-refractivity contribution in [1.29, 1.82) is 0 Å². The van der Waals surface area contributed by atoms with Crippen molar-refractivity contribution in [3.05, 3.63) is 69.1 Å². The molecule has 0 aliphatic heterocycles. The molecule has 0 heterocycles. The van der Waals surface area contributed by atoms with Crippen LogP contribution in [0.3, 0.4) is 0 Å². The molecular formula is C22H22F6Se2. The fraction of sp³-hybridized carbons (Fsp3) is 0.364. The Kier molecular flexibility index (Phi) is 9.55. The molecular weight excluding hydrogens is 536 g/mol. The van der Waals surface area contributed by atoms with E-state index in [1.165, 1.54) is 28.7 Å². The molecule has 8 heteroatoms. The Balaban J connectivity index is 2.09. The van der Waals surface area contributed by atoms with Gasteiger partial charge in [0.15, 0.2) is 0 Å². The molecule has 0 atom stereocenters. The third kappa shape index (κ3) is 8.50. The van der Waals surface area contributed by atoms with E-state index in [0.717, 1.165) is 65.3 Å². The monoisotopic (exact) mass is 560 g/mol. The molecule has 0 aromatic heterocycles. The molecule has 0 fully saturated rings. The maximum atomic E-state index is 12.8. The van der Waals surface area contributed by atoms with Crippen LogP contribution in [-0.4, -0.2) is 29.9 Å². The zero-order chi connectivity index (χ0) is 22.2. The molecule has 2 rings (SSSR count). The maximum absolute atomic E-state index is 12.8. The summed E-state index contributed by atoms with van der Waals surface area (Å²) < 4.78 is 79.3. The van der Waals surface area contributed by atoms with Gasteiger partial charge in [0.05, 0.1) is 0 Å². The van der Waals surface area contributed by atoms with E-state index in [0.29, 0.717) is 0 Å². The number of hydrogen-bond donors (Lipinski definition) is 0. The van der Waals surface area contributed by atoms with Crippen molar-refractivity contribution in [2.75, 3.05) is 0 Å². The molecule has 0 N–H and O–H groups in total. The molecule has 30 heavy (non-hydrogen) atoms. The first kappa shape index (κ1) is 25.1. The number of benzene rings is 2. The fourth-order valence-electron chi connectivity index (χ4n) is 2.58. The van der Waals surface area contributed by atoms with Crippen LogP contribution in [-0.2, 0) is 12.4 Å². The Morgan fingerprint density at radius 3 is 1.70 bits per heavy atom. The van der Waals surface area contributed by atoms with E-state index in [-0.39, 0.29) is 29.9 Å². The zero-order valence-electron chi connectivity index (χ0n) is 16.3. The topological polar surface area (TPSA) is 0 Å². The summed E-state index contributed by atoms with van der Waals surface area (Å²) in [6, 6.07) is 10.4. The van der Waals surface area contributed by atoms with E-state index >= 15 is 0 Å². The summed E-state index contributed by atoms with van der Waals surface area (Å²) in [7, 11) is 0. The Labute approximate surface area is 185 Å². The van der Waals surface area contributed by atoms with Crippen molar-refractivity contribution < 1.29 is 26.3 Å². The molecule has 0 nitrogen and oxygen atoms in total. The third-order valence-electron chi connectivity index (χ3n) is 4.22. The molecule has 0 aliphatic carbocycles. The van der Waals surface area contributed by atoms with E-state index in [2.05, 4.69) is 11.9 Å². The predicted octanol–water partition coefficient (Wildman–Crippen LogP) is 5.90. The fourth-order valence-corrected chi connectivity index (χ4v) is 6.88. The summed E-state index contributed by atoms with van der Waals surface area (Å²) in [6.45, 7) is 2.12. The summed E-state index contributed by atoms with van der Waals surface area (Å²) in [5, 5.41) is 0. The average molecular weight is 558 g/mol. The zero-order valence-corrected chi connectivity index (χ0v) is 19.7. The van der Waals surface area contributed by atoms with Gasteiger partial charge in [0.1, 0.15) is 0 Å². The molecule has 0 bridgehead atoms. The quantitative estimate of drug-likeness (QED) is 0.205. The van der Waals surface area contributed by atoms with Crippen molar-refractivity contribution >= 4 is 38.8 Å². The second-order valence-corrected chi connectivity index (χ2v) is 11.2. The van der Waals surface area contributed by atoms with Crippen LogP contribution >= 0.6 is 0 Å². The van der Waals surface area contributed by atoms with Crippen LogP contribution < -0.4 is 8.92 Å². The van der Waals surface area contributed by atoms with E-state index in [1.807, 2.05) is 0 Å². The van der Waals surface area contributed by atoms with Crippen LogP contribution in [0.2, 0.25) is 0 Å². The first-order valence-electron chi connectivity index (χ1n) is 9.47. The van der Waals surface area contributed by atoms with Crippen LogP contribution in [0.25, 0.3) is 0 Å². The molecule has 0 saturated carbocycles. The van der Waals surface area contributed by atoms with Gasteiger partial charge in [-0.15, -0.1) is 0 Å². The number of alkyl halides is 6. The molecule has 0 unspecified atom stereocenters. The van der Waals surface area contributed by atoms with Crippen LogP contribution in [0.5, 0.6) is 0 Å². The van der Waals surface area contributed by atoms with E-state index in [1.54, 1.807) is 0 Å². The van der Waals surface area contributed by atoms with Gasteiger partial charge in [0.2, 0.25) is 0 Å². The number of hydrogen-bond acceptors (Lipinski definition) is 0. The Bertz CT molecular complexity index is 806. The van der Waals surface area contributed by atoms with Gasteiger partial charge >= 0.3 is 186 Å². The van der Waals surface area contributed by atoms with Crippen LogP contribution in [0.1, 0.15) is 50.2 Å². The summed E-state index contributed by atoms with van der Waals surface area (Å²) in [6.07, 6.45) is -3.50. The first-order chi connectivity index (χ1) is 14.1. The normalized spacial score (nSPS) is 13.0. The van der Waals surface area contributed by atoms with Gasteiger partial charge in [0.25, 0.3) is 0 Å². The van der Waals surface area contributed by atoms with Crippen LogP contribution in [0.15, 0.2) is 58.0 Å². The molecule has 0 radical (unpaired) electrons. The Morgan fingerprint density at radius 1 is 0.733 bits per heavy atom. The Hall–Kier alpha value is -1.20. The SMILES string of the molecule is CCCCCC/C(=C\[Se]c1ccc(C(F)(F)F)cc1)[Se]c1ccc(C(F)(F)F)cc1. The van der Waals surface area contributed by atoms with Gasteiger partial charge < -0.3 is 0 Å².